The fourth-order valence-electron chi connectivity index (χ4n) is 2.19. The second-order valence-corrected chi connectivity index (χ2v) is 6.37. The maximum atomic E-state index is 12.4. The predicted octanol–water partition coefficient (Wildman–Crippen LogP) is 3.04. The van der Waals surface area contributed by atoms with Crippen LogP contribution in [0, 0.1) is 0 Å². The molecule has 3 nitrogen and oxygen atoms in total. The van der Waals surface area contributed by atoms with E-state index in [2.05, 4.69) is 37.2 Å². The maximum absolute atomic E-state index is 12.4. The molecule has 98 valence electrons. The van der Waals surface area contributed by atoms with Crippen LogP contribution in [0.1, 0.15) is 23.2 Å². The molecule has 0 spiro atoms. The van der Waals surface area contributed by atoms with Crippen molar-refractivity contribution in [2.24, 2.45) is 0 Å². The summed E-state index contributed by atoms with van der Waals surface area (Å²) in [5.41, 5.74) is 0.699. The highest BCUT2D eigenvalue weighted by Gasteiger charge is 2.21. The second-order valence-electron chi connectivity index (χ2n) is 4.60. The summed E-state index contributed by atoms with van der Waals surface area (Å²) in [6.45, 7) is 1.82. The van der Waals surface area contributed by atoms with E-state index in [0.29, 0.717) is 11.6 Å². The van der Waals surface area contributed by atoms with Crippen molar-refractivity contribution < 1.29 is 4.79 Å². The lowest BCUT2D eigenvalue weighted by atomic mass is 10.1. The zero-order valence-electron chi connectivity index (χ0n) is 10.2. The number of carbonyl (C=O) groups excluding carboxylic acids is 1. The normalized spacial score (nSPS) is 18.9. The molecule has 2 rings (SSSR count). The lowest BCUT2D eigenvalue weighted by molar-refractivity contribution is 0.0783. The summed E-state index contributed by atoms with van der Waals surface area (Å²) in [6.07, 6.45) is 2.35. The third-order valence-corrected chi connectivity index (χ3v) is 4.35. The van der Waals surface area contributed by atoms with Gasteiger partial charge in [-0.05, 0) is 53.5 Å². The van der Waals surface area contributed by atoms with Crippen molar-refractivity contribution in [2.45, 2.75) is 18.9 Å². The first-order valence-electron chi connectivity index (χ1n) is 6.02. The number of amides is 1. The number of rotatable bonds is 3. The van der Waals surface area contributed by atoms with Crippen molar-refractivity contribution in [1.29, 1.82) is 0 Å². The molecule has 1 amide bonds. The minimum absolute atomic E-state index is 0.0527. The monoisotopic (exact) mass is 374 g/mol. The molecule has 5 heteroatoms. The summed E-state index contributed by atoms with van der Waals surface area (Å²) >= 11 is 6.83. The van der Waals surface area contributed by atoms with E-state index in [1.54, 1.807) is 4.90 Å². The lowest BCUT2D eigenvalue weighted by Crippen LogP contribution is -2.38. The highest BCUT2D eigenvalue weighted by Crippen LogP contribution is 2.23. The quantitative estimate of drug-likeness (QED) is 0.880. The number of nitrogens with zero attached hydrogens (tertiary/aromatic N) is 1. The average Bonchev–Trinajstić information content (AvgIpc) is 2.84. The smallest absolute Gasteiger partial charge is 0.254 e. The molecule has 18 heavy (non-hydrogen) atoms. The molecule has 1 aliphatic heterocycles. The van der Waals surface area contributed by atoms with Crippen molar-refractivity contribution in [3.8, 4) is 0 Å². The molecule has 0 bridgehead atoms. The predicted molar refractivity (Wildman–Crippen MR) is 79.8 cm³/mol. The van der Waals surface area contributed by atoms with Gasteiger partial charge in [-0.1, -0.05) is 15.9 Å². The Balaban J connectivity index is 2.07. The van der Waals surface area contributed by atoms with Crippen LogP contribution in [0.2, 0.25) is 0 Å². The summed E-state index contributed by atoms with van der Waals surface area (Å²) in [7, 11) is 1.86. The van der Waals surface area contributed by atoms with Crippen LogP contribution < -0.4 is 5.32 Å². The standard InChI is InChI=1S/C13H16Br2N2O/c1-17(8-10-3-2-6-16-10)13(18)11-7-9(14)4-5-12(11)15/h4-5,7,10,16H,2-3,6,8H2,1H3. The molecule has 1 fully saturated rings. The SMILES string of the molecule is CN(CC1CCCN1)C(=O)c1cc(Br)ccc1Br. The van der Waals surface area contributed by atoms with E-state index in [1.165, 1.54) is 6.42 Å². The zero-order valence-corrected chi connectivity index (χ0v) is 13.4. The Morgan fingerprint density at radius 3 is 2.94 bits per heavy atom. The van der Waals surface area contributed by atoms with Crippen molar-refractivity contribution in [2.75, 3.05) is 20.1 Å². The Kier molecular flexibility index (Phi) is 4.81. The van der Waals surface area contributed by atoms with E-state index >= 15 is 0 Å². The van der Waals surface area contributed by atoms with Crippen LogP contribution in [0.3, 0.4) is 0 Å². The molecule has 1 atom stereocenters. The Bertz CT molecular complexity index is 445. The van der Waals surface area contributed by atoms with Crippen LogP contribution in [-0.4, -0.2) is 37.0 Å². The molecule has 0 saturated carbocycles. The number of hydrogen-bond acceptors (Lipinski definition) is 2. The van der Waals surface area contributed by atoms with Crippen LogP contribution in [-0.2, 0) is 0 Å². The van der Waals surface area contributed by atoms with E-state index in [4.69, 9.17) is 0 Å². The molecule has 0 aliphatic carbocycles. The van der Waals surface area contributed by atoms with Crippen LogP contribution in [0.25, 0.3) is 0 Å². The Morgan fingerprint density at radius 1 is 1.50 bits per heavy atom. The zero-order chi connectivity index (χ0) is 13.1. The summed E-state index contributed by atoms with van der Waals surface area (Å²) in [5, 5.41) is 3.40. The fourth-order valence-corrected chi connectivity index (χ4v) is 2.97. The fraction of sp³-hybridized carbons (Fsp3) is 0.462. The highest BCUT2D eigenvalue weighted by atomic mass is 79.9. The van der Waals surface area contributed by atoms with Gasteiger partial charge in [0.05, 0.1) is 5.56 Å². The van der Waals surface area contributed by atoms with E-state index in [9.17, 15) is 4.79 Å². The number of benzene rings is 1. The van der Waals surface area contributed by atoms with Crippen LogP contribution >= 0.6 is 31.9 Å². The summed E-state index contributed by atoms with van der Waals surface area (Å²) in [6, 6.07) is 6.09. The van der Waals surface area contributed by atoms with Gasteiger partial charge < -0.3 is 10.2 Å². The number of halogens is 2. The molecule has 1 aromatic carbocycles. The average molecular weight is 376 g/mol. The molecular weight excluding hydrogens is 360 g/mol. The van der Waals surface area contributed by atoms with Crippen molar-refractivity contribution >= 4 is 37.8 Å². The summed E-state index contributed by atoms with van der Waals surface area (Å²) in [5.74, 6) is 0.0527. The van der Waals surface area contributed by atoms with Gasteiger partial charge in [0.2, 0.25) is 0 Å². The van der Waals surface area contributed by atoms with Gasteiger partial charge in [0.15, 0.2) is 0 Å². The van der Waals surface area contributed by atoms with Crippen LogP contribution in [0.4, 0.5) is 0 Å². The number of nitrogens with one attached hydrogen (secondary N) is 1. The van der Waals surface area contributed by atoms with Crippen LogP contribution in [0.15, 0.2) is 27.1 Å². The van der Waals surface area contributed by atoms with Gasteiger partial charge in [0.25, 0.3) is 5.91 Å². The Hall–Kier alpha value is -0.390. The van der Waals surface area contributed by atoms with E-state index in [0.717, 1.165) is 28.5 Å². The molecular formula is C13H16Br2N2O. The molecule has 1 aromatic rings. The number of hydrogen-bond donors (Lipinski definition) is 1. The van der Waals surface area contributed by atoms with Crippen LogP contribution in [0.5, 0.6) is 0 Å². The molecule has 1 N–H and O–H groups in total. The first-order valence-corrected chi connectivity index (χ1v) is 7.60. The number of likely N-dealkylation sites (N-methyl/N-ethyl adjacent to an activating group) is 1. The first kappa shape index (κ1) is 14.0. The first-order chi connectivity index (χ1) is 8.58. The molecule has 0 aromatic heterocycles. The third kappa shape index (κ3) is 3.33. The molecule has 1 saturated heterocycles. The van der Waals surface area contributed by atoms with Gasteiger partial charge in [0.1, 0.15) is 0 Å². The number of carbonyl (C=O) groups is 1. The van der Waals surface area contributed by atoms with Gasteiger partial charge >= 0.3 is 0 Å². The molecule has 1 aliphatic rings. The van der Waals surface area contributed by atoms with Gasteiger partial charge in [-0.3, -0.25) is 4.79 Å². The topological polar surface area (TPSA) is 32.3 Å². The highest BCUT2D eigenvalue weighted by molar-refractivity contribution is 9.11. The van der Waals surface area contributed by atoms with Gasteiger partial charge in [0, 0.05) is 28.6 Å². The third-order valence-electron chi connectivity index (χ3n) is 3.16. The van der Waals surface area contributed by atoms with Crippen molar-refractivity contribution in [1.82, 2.24) is 10.2 Å². The van der Waals surface area contributed by atoms with E-state index in [1.807, 2.05) is 25.2 Å². The Labute approximate surface area is 124 Å². The van der Waals surface area contributed by atoms with E-state index in [-0.39, 0.29) is 5.91 Å². The lowest BCUT2D eigenvalue weighted by Gasteiger charge is -2.22. The van der Waals surface area contributed by atoms with Gasteiger partial charge in [-0.15, -0.1) is 0 Å². The maximum Gasteiger partial charge on any atom is 0.254 e. The minimum atomic E-state index is 0.0527. The molecule has 0 radical (unpaired) electrons. The second kappa shape index (κ2) is 6.17. The van der Waals surface area contributed by atoms with Crippen molar-refractivity contribution in [3.05, 3.63) is 32.7 Å². The van der Waals surface area contributed by atoms with Gasteiger partial charge in [-0.25, -0.2) is 0 Å². The van der Waals surface area contributed by atoms with E-state index < -0.39 is 0 Å². The van der Waals surface area contributed by atoms with Gasteiger partial charge in [-0.2, -0.15) is 0 Å². The molecule has 1 unspecified atom stereocenters. The largest absolute Gasteiger partial charge is 0.340 e. The molecule has 1 heterocycles. The minimum Gasteiger partial charge on any atom is -0.340 e. The summed E-state index contributed by atoms with van der Waals surface area (Å²) in [4.78, 5) is 14.1. The summed E-state index contributed by atoms with van der Waals surface area (Å²) < 4.78 is 1.75. The Morgan fingerprint density at radius 2 is 2.28 bits per heavy atom. The van der Waals surface area contributed by atoms with Crippen molar-refractivity contribution in [3.63, 3.8) is 0 Å².